The smallest absolute Gasteiger partial charge is 0.336 e. The van der Waals surface area contributed by atoms with E-state index >= 15 is 0 Å². The molecule has 6 N–H and O–H groups in total. The first-order chi connectivity index (χ1) is 11.4. The molecule has 24 heavy (non-hydrogen) atoms. The maximum absolute atomic E-state index is 12.2. The molecule has 1 atom stereocenters. The van der Waals surface area contributed by atoms with Gasteiger partial charge < -0.3 is 21.9 Å². The number of nitrogens with one attached hydrogen (secondary N) is 1. The third-order valence-corrected chi connectivity index (χ3v) is 3.15. The fourth-order valence-corrected chi connectivity index (χ4v) is 1.95. The number of benzene rings is 1. The van der Waals surface area contributed by atoms with Crippen molar-refractivity contribution in [2.24, 2.45) is 16.5 Å². The molecular weight excluding hydrogens is 319 g/mol. The number of nitrogens with zero attached hydrogens (tertiary/aromatic N) is 1. The zero-order valence-corrected chi connectivity index (χ0v) is 12.9. The van der Waals surface area contributed by atoms with Crippen LogP contribution in [0.25, 0.3) is 0 Å². The average molecular weight is 338 g/mol. The van der Waals surface area contributed by atoms with E-state index in [4.69, 9.17) is 16.6 Å². The zero-order valence-electron chi connectivity index (χ0n) is 12.9. The number of nitrogens with two attached hydrogens (primary N) is 2. The molecule has 1 aromatic rings. The molecule has 0 heterocycles. The molecule has 0 aliphatic rings. The summed E-state index contributed by atoms with van der Waals surface area (Å²) >= 11 is 0. The Morgan fingerprint density at radius 1 is 1.21 bits per heavy atom. The summed E-state index contributed by atoms with van der Waals surface area (Å²) in [7, 11) is 0. The molecule has 0 saturated carbocycles. The summed E-state index contributed by atoms with van der Waals surface area (Å²) in [6.45, 7) is -0.678. The van der Waals surface area contributed by atoms with Crippen LogP contribution in [0.2, 0.25) is 0 Å². The van der Waals surface area contributed by atoms with Crippen LogP contribution < -0.4 is 16.8 Å². The van der Waals surface area contributed by atoms with E-state index in [0.29, 0.717) is 6.42 Å². The van der Waals surface area contributed by atoms with Crippen molar-refractivity contribution in [1.82, 2.24) is 5.32 Å². The van der Waals surface area contributed by atoms with Crippen LogP contribution in [0.15, 0.2) is 29.3 Å². The molecule has 2 amide bonds. The Bertz CT molecular complexity index is 648. The predicted molar refractivity (Wildman–Crippen MR) is 85.5 cm³/mol. The third-order valence-electron chi connectivity index (χ3n) is 3.15. The minimum absolute atomic E-state index is 0.0732. The molecule has 1 rings (SSSR count). The molecule has 0 fully saturated rings. The molecule has 1 aromatic carbocycles. The van der Waals surface area contributed by atoms with Crippen molar-refractivity contribution in [2.45, 2.75) is 18.9 Å². The molecule has 1 unspecified atom stereocenters. The zero-order chi connectivity index (χ0) is 18.1. The molecule has 130 valence electrons. The summed E-state index contributed by atoms with van der Waals surface area (Å²) in [5.74, 6) is -2.89. The van der Waals surface area contributed by atoms with Crippen LogP contribution in [-0.2, 0) is 4.79 Å². The van der Waals surface area contributed by atoms with E-state index in [9.17, 15) is 18.8 Å². The summed E-state index contributed by atoms with van der Waals surface area (Å²) < 4.78 is 12.1. The van der Waals surface area contributed by atoms with Crippen LogP contribution in [0.5, 0.6) is 0 Å². The van der Waals surface area contributed by atoms with E-state index in [1.165, 1.54) is 24.3 Å². The number of carboxylic acid groups (broad SMARTS) is 1. The lowest BCUT2D eigenvalue weighted by Crippen LogP contribution is -2.44. The number of hydrogen-bond donors (Lipinski definition) is 4. The highest BCUT2D eigenvalue weighted by atomic mass is 19.1. The van der Waals surface area contributed by atoms with Crippen molar-refractivity contribution in [2.75, 3.05) is 13.2 Å². The maximum Gasteiger partial charge on any atom is 0.336 e. The predicted octanol–water partition coefficient (Wildman–Crippen LogP) is 0.0754. The van der Waals surface area contributed by atoms with Crippen LogP contribution in [0.4, 0.5) is 4.39 Å². The van der Waals surface area contributed by atoms with Gasteiger partial charge >= 0.3 is 5.97 Å². The van der Waals surface area contributed by atoms with Gasteiger partial charge in [0.05, 0.1) is 11.1 Å². The standard InChI is InChI=1S/C15H19FN4O4/c16-8-12(17)19-7-3-6-11(13(18)21)20-14(22)9-4-1-2-5-10(9)15(23)24/h1-2,4-5,11H,3,6-8H2,(H2,17,19)(H2,18,21)(H,20,22)(H,23,24). The van der Waals surface area contributed by atoms with Gasteiger partial charge in [-0.2, -0.15) is 0 Å². The third kappa shape index (κ3) is 5.67. The first-order valence-corrected chi connectivity index (χ1v) is 7.14. The van der Waals surface area contributed by atoms with Gasteiger partial charge in [-0.3, -0.25) is 14.6 Å². The lowest BCUT2D eigenvalue weighted by atomic mass is 10.1. The van der Waals surface area contributed by atoms with Gasteiger partial charge in [-0.05, 0) is 25.0 Å². The van der Waals surface area contributed by atoms with E-state index in [-0.39, 0.29) is 29.9 Å². The van der Waals surface area contributed by atoms with Crippen molar-refractivity contribution in [3.63, 3.8) is 0 Å². The summed E-state index contributed by atoms with van der Waals surface area (Å²) in [5, 5.41) is 11.5. The second-order valence-corrected chi connectivity index (χ2v) is 4.93. The Kier molecular flexibility index (Phi) is 7.34. The second kappa shape index (κ2) is 9.23. The molecular formula is C15H19FN4O4. The summed E-state index contributed by atoms with van der Waals surface area (Å²) in [4.78, 5) is 38.5. The fraction of sp³-hybridized carbons (Fsp3) is 0.333. The number of aromatic carboxylic acids is 1. The minimum atomic E-state index is -1.26. The Morgan fingerprint density at radius 3 is 2.38 bits per heavy atom. The maximum atomic E-state index is 12.2. The Balaban J connectivity index is 2.74. The number of halogens is 1. The topological polar surface area (TPSA) is 148 Å². The lowest BCUT2D eigenvalue weighted by Gasteiger charge is -2.15. The number of carbonyl (C=O) groups is 3. The van der Waals surface area contributed by atoms with Crippen LogP contribution in [-0.4, -0.2) is 48.0 Å². The number of hydrogen-bond acceptors (Lipinski definition) is 4. The van der Waals surface area contributed by atoms with Gasteiger partial charge in [0.25, 0.3) is 5.91 Å². The molecule has 0 bridgehead atoms. The number of aliphatic imine (C=N–C) groups is 1. The number of carboxylic acids is 1. The normalized spacial score (nSPS) is 12.5. The van der Waals surface area contributed by atoms with Crippen molar-refractivity contribution in [3.8, 4) is 0 Å². The highest BCUT2D eigenvalue weighted by Gasteiger charge is 2.21. The van der Waals surface area contributed by atoms with Gasteiger partial charge in [0.2, 0.25) is 5.91 Å². The number of primary amides is 1. The van der Waals surface area contributed by atoms with E-state index in [1.807, 2.05) is 0 Å². The molecule has 0 aliphatic carbocycles. The largest absolute Gasteiger partial charge is 0.478 e. The van der Waals surface area contributed by atoms with Crippen LogP contribution in [0.1, 0.15) is 33.6 Å². The number of amidine groups is 1. The van der Waals surface area contributed by atoms with Gasteiger partial charge in [-0.1, -0.05) is 12.1 Å². The summed E-state index contributed by atoms with van der Waals surface area (Å²) in [6.07, 6.45) is 0.508. The van der Waals surface area contributed by atoms with Crippen molar-refractivity contribution in [1.29, 1.82) is 0 Å². The van der Waals surface area contributed by atoms with Crippen molar-refractivity contribution < 1.29 is 23.9 Å². The van der Waals surface area contributed by atoms with E-state index in [2.05, 4.69) is 10.3 Å². The van der Waals surface area contributed by atoms with Crippen LogP contribution in [0, 0.1) is 0 Å². The van der Waals surface area contributed by atoms with Crippen molar-refractivity contribution in [3.05, 3.63) is 35.4 Å². The molecule has 0 saturated heterocycles. The monoisotopic (exact) mass is 338 g/mol. The Labute approximate surface area is 137 Å². The van der Waals surface area contributed by atoms with Gasteiger partial charge in [0, 0.05) is 6.54 Å². The molecule has 0 spiro atoms. The summed E-state index contributed by atoms with van der Waals surface area (Å²) in [5.41, 5.74) is 10.2. The molecule has 0 aromatic heterocycles. The number of rotatable bonds is 9. The van der Waals surface area contributed by atoms with Gasteiger partial charge in [-0.25, -0.2) is 9.18 Å². The van der Waals surface area contributed by atoms with E-state index in [1.54, 1.807) is 0 Å². The van der Waals surface area contributed by atoms with Gasteiger partial charge in [0.1, 0.15) is 18.6 Å². The quantitative estimate of drug-likeness (QED) is 0.286. The molecule has 9 heteroatoms. The van der Waals surface area contributed by atoms with E-state index in [0.717, 1.165) is 0 Å². The first-order valence-electron chi connectivity index (χ1n) is 7.14. The van der Waals surface area contributed by atoms with Gasteiger partial charge in [0.15, 0.2) is 0 Å². The minimum Gasteiger partial charge on any atom is -0.478 e. The highest BCUT2D eigenvalue weighted by Crippen LogP contribution is 2.10. The van der Waals surface area contributed by atoms with Gasteiger partial charge in [-0.15, -0.1) is 0 Å². The Hall–Kier alpha value is -2.97. The summed E-state index contributed by atoms with van der Waals surface area (Å²) in [6, 6.07) is 4.61. The number of carbonyl (C=O) groups excluding carboxylic acids is 2. The number of amides is 2. The average Bonchev–Trinajstić information content (AvgIpc) is 2.56. The van der Waals surface area contributed by atoms with Crippen LogP contribution >= 0.6 is 0 Å². The molecule has 8 nitrogen and oxygen atoms in total. The first kappa shape index (κ1) is 19.1. The lowest BCUT2D eigenvalue weighted by molar-refractivity contribution is -0.120. The second-order valence-electron chi connectivity index (χ2n) is 4.93. The van der Waals surface area contributed by atoms with Crippen molar-refractivity contribution >= 4 is 23.6 Å². The molecule has 0 radical (unpaired) electrons. The van der Waals surface area contributed by atoms with E-state index < -0.39 is 30.5 Å². The highest BCUT2D eigenvalue weighted by molar-refractivity contribution is 6.05. The van der Waals surface area contributed by atoms with Crippen LogP contribution in [0.3, 0.4) is 0 Å². The number of alkyl halides is 1. The SMILES string of the molecule is NC(=O)C(CCCN=C(N)CF)NC(=O)c1ccccc1C(=O)O. The fourth-order valence-electron chi connectivity index (χ4n) is 1.95. The molecule has 0 aliphatic heterocycles. The Morgan fingerprint density at radius 2 is 1.83 bits per heavy atom.